The summed E-state index contributed by atoms with van der Waals surface area (Å²) >= 11 is 1.58. The molecule has 0 N–H and O–H groups in total. The molecule has 2 aromatic heterocycles. The van der Waals surface area contributed by atoms with Crippen molar-refractivity contribution in [3.63, 3.8) is 0 Å². The number of hydrogen-bond acceptors (Lipinski definition) is 6. The quantitative estimate of drug-likeness (QED) is 0.680. The minimum atomic E-state index is 0.460. The molecule has 0 saturated carbocycles. The lowest BCUT2D eigenvalue weighted by molar-refractivity contribution is 0.947. The van der Waals surface area contributed by atoms with E-state index in [0.29, 0.717) is 17.9 Å². The Hall–Kier alpha value is -2.65. The highest BCUT2D eigenvalue weighted by molar-refractivity contribution is 7.17. The fourth-order valence-electron chi connectivity index (χ4n) is 1.90. The first-order valence-corrected chi connectivity index (χ1v) is 7.21. The molecule has 21 heavy (non-hydrogen) atoms. The lowest BCUT2D eigenvalue weighted by Gasteiger charge is -1.96. The summed E-state index contributed by atoms with van der Waals surface area (Å²) in [6, 6.07) is 9.39. The van der Waals surface area contributed by atoms with Crippen molar-refractivity contribution in [3.8, 4) is 6.07 Å². The molecule has 0 amide bonds. The SMILES string of the molecule is Cc1csc2c(N=NCc3ccc(C#N)cc3)ncnc12. The Labute approximate surface area is 125 Å². The third-order valence-corrected chi connectivity index (χ3v) is 4.10. The molecule has 0 saturated heterocycles. The Kier molecular flexibility index (Phi) is 3.67. The summed E-state index contributed by atoms with van der Waals surface area (Å²) < 4.78 is 0.957. The first-order chi connectivity index (χ1) is 10.3. The largest absolute Gasteiger partial charge is 0.235 e. The number of rotatable bonds is 3. The molecule has 0 aliphatic carbocycles. The molecule has 3 aromatic rings. The van der Waals surface area contributed by atoms with Crippen LogP contribution in [0.5, 0.6) is 0 Å². The van der Waals surface area contributed by atoms with Crippen molar-refractivity contribution in [3.05, 3.63) is 52.7 Å². The van der Waals surface area contributed by atoms with Crippen molar-refractivity contribution < 1.29 is 0 Å². The highest BCUT2D eigenvalue weighted by Gasteiger charge is 2.06. The van der Waals surface area contributed by atoms with Crippen molar-refractivity contribution >= 4 is 27.4 Å². The van der Waals surface area contributed by atoms with Gasteiger partial charge in [0.2, 0.25) is 0 Å². The number of nitrogens with zero attached hydrogens (tertiary/aromatic N) is 5. The molecular formula is C15H11N5S. The Morgan fingerprint density at radius 1 is 1.24 bits per heavy atom. The average molecular weight is 293 g/mol. The summed E-state index contributed by atoms with van der Waals surface area (Å²) in [7, 11) is 0. The number of fused-ring (bicyclic) bond motifs is 1. The van der Waals surface area contributed by atoms with Crippen LogP contribution in [0.1, 0.15) is 16.7 Å². The van der Waals surface area contributed by atoms with E-state index in [1.165, 1.54) is 6.33 Å². The van der Waals surface area contributed by atoms with E-state index in [2.05, 4.69) is 26.3 Å². The van der Waals surface area contributed by atoms with Gasteiger partial charge in [0, 0.05) is 0 Å². The topological polar surface area (TPSA) is 74.3 Å². The van der Waals surface area contributed by atoms with Gasteiger partial charge in [-0.1, -0.05) is 12.1 Å². The molecule has 0 atom stereocenters. The van der Waals surface area contributed by atoms with Gasteiger partial charge in [-0.15, -0.1) is 16.5 Å². The number of thiophene rings is 1. The molecule has 6 heteroatoms. The van der Waals surface area contributed by atoms with Crippen LogP contribution in [0.15, 0.2) is 46.2 Å². The van der Waals surface area contributed by atoms with Gasteiger partial charge in [0.05, 0.1) is 28.4 Å². The number of benzene rings is 1. The van der Waals surface area contributed by atoms with Crippen LogP contribution in [0, 0.1) is 18.3 Å². The van der Waals surface area contributed by atoms with Crippen LogP contribution >= 0.6 is 11.3 Å². The maximum Gasteiger partial charge on any atom is 0.195 e. The van der Waals surface area contributed by atoms with Crippen LogP contribution in [0.25, 0.3) is 10.2 Å². The molecule has 0 spiro atoms. The van der Waals surface area contributed by atoms with Crippen molar-refractivity contribution in [2.75, 3.05) is 0 Å². The van der Waals surface area contributed by atoms with Gasteiger partial charge in [0.25, 0.3) is 0 Å². The molecule has 102 valence electrons. The second-order valence-corrected chi connectivity index (χ2v) is 5.38. The third-order valence-electron chi connectivity index (χ3n) is 3.01. The van der Waals surface area contributed by atoms with E-state index in [1.54, 1.807) is 23.5 Å². The predicted molar refractivity (Wildman–Crippen MR) is 81.5 cm³/mol. The lowest BCUT2D eigenvalue weighted by Crippen LogP contribution is -1.82. The summed E-state index contributed by atoms with van der Waals surface area (Å²) in [6.45, 7) is 2.48. The number of nitriles is 1. The summed E-state index contributed by atoms with van der Waals surface area (Å²) in [4.78, 5) is 8.43. The number of azo groups is 1. The van der Waals surface area contributed by atoms with Gasteiger partial charge >= 0.3 is 0 Å². The van der Waals surface area contributed by atoms with E-state index in [0.717, 1.165) is 21.3 Å². The van der Waals surface area contributed by atoms with E-state index < -0.39 is 0 Å². The van der Waals surface area contributed by atoms with E-state index in [4.69, 9.17) is 5.26 Å². The monoisotopic (exact) mass is 293 g/mol. The van der Waals surface area contributed by atoms with Gasteiger partial charge in [0.15, 0.2) is 5.82 Å². The van der Waals surface area contributed by atoms with Crippen LogP contribution in [-0.2, 0) is 6.54 Å². The summed E-state index contributed by atoms with van der Waals surface area (Å²) in [6.07, 6.45) is 1.51. The third kappa shape index (κ3) is 2.78. The minimum Gasteiger partial charge on any atom is -0.235 e. The molecule has 0 bridgehead atoms. The zero-order chi connectivity index (χ0) is 14.7. The molecule has 0 unspecified atom stereocenters. The molecule has 2 heterocycles. The molecule has 0 aliphatic heterocycles. The first-order valence-electron chi connectivity index (χ1n) is 6.33. The lowest BCUT2D eigenvalue weighted by atomic mass is 10.1. The molecule has 5 nitrogen and oxygen atoms in total. The minimum absolute atomic E-state index is 0.460. The van der Waals surface area contributed by atoms with E-state index in [9.17, 15) is 0 Å². The number of hydrogen-bond donors (Lipinski definition) is 0. The molecule has 0 aliphatic rings. The molecular weight excluding hydrogens is 282 g/mol. The second kappa shape index (κ2) is 5.77. The van der Waals surface area contributed by atoms with Crippen molar-refractivity contribution in [1.82, 2.24) is 9.97 Å². The normalized spacial score (nSPS) is 11.0. The van der Waals surface area contributed by atoms with Gasteiger partial charge in [0.1, 0.15) is 6.33 Å². The van der Waals surface area contributed by atoms with Crippen molar-refractivity contribution in [1.29, 1.82) is 5.26 Å². The number of aromatic nitrogens is 2. The smallest absolute Gasteiger partial charge is 0.195 e. The zero-order valence-corrected chi connectivity index (χ0v) is 12.1. The van der Waals surface area contributed by atoms with Crippen molar-refractivity contribution in [2.45, 2.75) is 13.5 Å². The highest BCUT2D eigenvalue weighted by Crippen LogP contribution is 2.30. The van der Waals surface area contributed by atoms with Crippen LogP contribution in [-0.4, -0.2) is 9.97 Å². The Morgan fingerprint density at radius 3 is 2.81 bits per heavy atom. The van der Waals surface area contributed by atoms with Gasteiger partial charge in [-0.05, 0) is 35.6 Å². The van der Waals surface area contributed by atoms with Crippen molar-refractivity contribution in [2.24, 2.45) is 10.2 Å². The molecule has 3 rings (SSSR count). The summed E-state index contributed by atoms with van der Waals surface area (Å²) in [5.41, 5.74) is 3.70. The van der Waals surface area contributed by atoms with Crippen LogP contribution in [0.3, 0.4) is 0 Å². The molecule has 1 aromatic carbocycles. The second-order valence-electron chi connectivity index (χ2n) is 4.50. The maximum absolute atomic E-state index is 8.75. The van der Waals surface area contributed by atoms with Gasteiger partial charge in [-0.2, -0.15) is 10.4 Å². The Bertz CT molecular complexity index is 843. The summed E-state index contributed by atoms with van der Waals surface area (Å²) in [5, 5.41) is 19.2. The maximum atomic E-state index is 8.75. The van der Waals surface area contributed by atoms with Gasteiger partial charge < -0.3 is 0 Å². The molecule has 0 fully saturated rings. The Morgan fingerprint density at radius 2 is 2.05 bits per heavy atom. The standard InChI is InChI=1S/C15H11N5S/c1-10-8-21-14-13(10)17-9-18-15(14)20-19-7-12-4-2-11(6-16)3-5-12/h2-5,8-9H,7H2,1H3. The van der Waals surface area contributed by atoms with Crippen LogP contribution in [0.2, 0.25) is 0 Å². The van der Waals surface area contributed by atoms with Gasteiger partial charge in [-0.25, -0.2) is 9.97 Å². The van der Waals surface area contributed by atoms with Gasteiger partial charge in [-0.3, -0.25) is 0 Å². The average Bonchev–Trinajstić information content (AvgIpc) is 2.91. The van der Waals surface area contributed by atoms with Crippen LogP contribution in [0.4, 0.5) is 5.82 Å². The van der Waals surface area contributed by atoms with E-state index >= 15 is 0 Å². The molecule has 0 radical (unpaired) electrons. The number of aryl methyl sites for hydroxylation is 1. The van der Waals surface area contributed by atoms with Crippen LogP contribution < -0.4 is 0 Å². The van der Waals surface area contributed by atoms with E-state index in [-0.39, 0.29) is 0 Å². The van der Waals surface area contributed by atoms with E-state index in [1.807, 2.05) is 24.4 Å². The highest BCUT2D eigenvalue weighted by atomic mass is 32.1. The fourth-order valence-corrected chi connectivity index (χ4v) is 2.83. The summed E-state index contributed by atoms with van der Waals surface area (Å²) in [5.74, 6) is 0.603. The predicted octanol–water partition coefficient (Wildman–Crippen LogP) is 4.16. The first kappa shape index (κ1) is 13.3. The Balaban J connectivity index is 1.80. The zero-order valence-electron chi connectivity index (χ0n) is 11.3. The fraction of sp³-hybridized carbons (Fsp3) is 0.133.